The lowest BCUT2D eigenvalue weighted by Crippen LogP contribution is -2.01. The van der Waals surface area contributed by atoms with Crippen molar-refractivity contribution in [2.24, 2.45) is 0 Å². The molecule has 1 heterocycles. The smallest absolute Gasteiger partial charge is 0.270 e. The van der Waals surface area contributed by atoms with Crippen molar-refractivity contribution in [2.75, 3.05) is 5.73 Å². The highest BCUT2D eigenvalue weighted by Crippen LogP contribution is 2.33. The summed E-state index contributed by atoms with van der Waals surface area (Å²) in [6.07, 6.45) is 0. The molecule has 0 bridgehead atoms. The van der Waals surface area contributed by atoms with Gasteiger partial charge in [0, 0.05) is 28.8 Å². The number of nitro benzene ring substituents is 1. The van der Waals surface area contributed by atoms with Crippen LogP contribution in [-0.4, -0.2) is 9.91 Å². The molecule has 1 aromatic heterocycles. The topological polar surface area (TPSA) is 106 Å². The molecule has 0 atom stereocenters. The molecule has 0 radical (unpaired) electrons. The maximum atomic E-state index is 14.2. The van der Waals surface area contributed by atoms with Crippen LogP contribution in [0.15, 0.2) is 48.5 Å². The molecule has 6 nitrogen and oxygen atoms in total. The van der Waals surface area contributed by atoms with Gasteiger partial charge in [-0.15, -0.1) is 0 Å². The number of hydrogen-bond donors (Lipinski definition) is 1. The van der Waals surface area contributed by atoms with Gasteiger partial charge in [-0.25, -0.2) is 13.8 Å². The quantitative estimate of drug-likeness (QED) is 0.565. The number of nitriles is 1. The third kappa shape index (κ3) is 3.06. The molecule has 0 saturated carbocycles. The van der Waals surface area contributed by atoms with E-state index in [0.717, 1.165) is 18.2 Å². The van der Waals surface area contributed by atoms with E-state index >= 15 is 0 Å². The highest BCUT2D eigenvalue weighted by Gasteiger charge is 2.18. The summed E-state index contributed by atoms with van der Waals surface area (Å²) in [5.41, 5.74) is 6.00. The van der Waals surface area contributed by atoms with E-state index in [2.05, 4.69) is 4.98 Å². The van der Waals surface area contributed by atoms with Crippen LogP contribution in [0.2, 0.25) is 0 Å². The maximum absolute atomic E-state index is 14.2. The molecule has 3 rings (SSSR count). The van der Waals surface area contributed by atoms with E-state index in [4.69, 9.17) is 5.73 Å². The molecule has 0 unspecified atom stereocenters. The first-order chi connectivity index (χ1) is 12.4. The standard InChI is InChI=1S/C18H10F2N4O2/c19-11-4-5-16(20)14(7-11)13-8-17(23-18(22)15(13)9-21)10-2-1-3-12(6-10)24(25)26/h1-8H,(H2,22,23). The number of pyridine rings is 1. The molecule has 0 aliphatic rings. The first kappa shape index (κ1) is 17.0. The molecule has 0 saturated heterocycles. The minimum atomic E-state index is -0.738. The second-order valence-electron chi connectivity index (χ2n) is 5.36. The van der Waals surface area contributed by atoms with Crippen molar-refractivity contribution >= 4 is 11.5 Å². The average Bonchev–Trinajstić information content (AvgIpc) is 2.63. The molecule has 0 fully saturated rings. The minimum Gasteiger partial charge on any atom is -0.383 e. The summed E-state index contributed by atoms with van der Waals surface area (Å²) in [6.45, 7) is 0. The fourth-order valence-electron chi connectivity index (χ4n) is 2.53. The normalized spacial score (nSPS) is 10.3. The van der Waals surface area contributed by atoms with Gasteiger partial charge in [0.05, 0.1) is 10.6 Å². The Morgan fingerprint density at radius 2 is 1.88 bits per heavy atom. The maximum Gasteiger partial charge on any atom is 0.270 e. The molecule has 0 aliphatic heterocycles. The van der Waals surface area contributed by atoms with E-state index in [0.29, 0.717) is 5.56 Å². The summed E-state index contributed by atoms with van der Waals surface area (Å²) in [6, 6.07) is 11.6. The van der Waals surface area contributed by atoms with Crippen LogP contribution in [0.4, 0.5) is 20.3 Å². The molecule has 0 spiro atoms. The number of nitro groups is 1. The summed E-state index contributed by atoms with van der Waals surface area (Å²) in [7, 11) is 0. The lowest BCUT2D eigenvalue weighted by atomic mass is 9.98. The fraction of sp³-hybridized carbons (Fsp3) is 0. The molecule has 0 amide bonds. The van der Waals surface area contributed by atoms with Crippen LogP contribution >= 0.6 is 0 Å². The number of rotatable bonds is 3. The van der Waals surface area contributed by atoms with Crippen LogP contribution in [0.1, 0.15) is 5.56 Å². The number of nitrogen functional groups attached to an aromatic ring is 1. The van der Waals surface area contributed by atoms with Crippen LogP contribution in [-0.2, 0) is 0 Å². The first-order valence-electron chi connectivity index (χ1n) is 7.31. The Balaban J connectivity index is 2.27. The van der Waals surface area contributed by atoms with E-state index in [9.17, 15) is 24.2 Å². The Kier molecular flexibility index (Phi) is 4.29. The molecule has 128 valence electrons. The van der Waals surface area contributed by atoms with E-state index < -0.39 is 16.6 Å². The van der Waals surface area contributed by atoms with Gasteiger partial charge in [0.15, 0.2) is 0 Å². The van der Waals surface area contributed by atoms with Crippen molar-refractivity contribution in [2.45, 2.75) is 0 Å². The molecule has 0 aliphatic carbocycles. The largest absolute Gasteiger partial charge is 0.383 e. The third-order valence-corrected chi connectivity index (χ3v) is 3.73. The predicted octanol–water partition coefficient (Wildman–Crippen LogP) is 4.06. The summed E-state index contributed by atoms with van der Waals surface area (Å²) < 4.78 is 27.7. The van der Waals surface area contributed by atoms with Gasteiger partial charge in [-0.3, -0.25) is 10.1 Å². The van der Waals surface area contributed by atoms with Crippen LogP contribution in [0.3, 0.4) is 0 Å². The Morgan fingerprint density at radius 3 is 2.58 bits per heavy atom. The lowest BCUT2D eigenvalue weighted by molar-refractivity contribution is -0.384. The van der Waals surface area contributed by atoms with Gasteiger partial charge in [0.1, 0.15) is 29.1 Å². The summed E-state index contributed by atoms with van der Waals surface area (Å²) >= 11 is 0. The Morgan fingerprint density at radius 1 is 1.12 bits per heavy atom. The Bertz CT molecular complexity index is 1080. The van der Waals surface area contributed by atoms with Crippen LogP contribution in [0.25, 0.3) is 22.4 Å². The van der Waals surface area contributed by atoms with E-state index in [1.165, 1.54) is 24.3 Å². The number of benzene rings is 2. The summed E-state index contributed by atoms with van der Waals surface area (Å²) in [5.74, 6) is -1.61. The van der Waals surface area contributed by atoms with E-state index in [-0.39, 0.29) is 33.9 Å². The van der Waals surface area contributed by atoms with E-state index in [1.807, 2.05) is 6.07 Å². The second-order valence-corrected chi connectivity index (χ2v) is 5.36. The van der Waals surface area contributed by atoms with Gasteiger partial charge in [0.25, 0.3) is 5.69 Å². The number of non-ortho nitro benzene ring substituents is 1. The number of halogens is 2. The molecular weight excluding hydrogens is 342 g/mol. The molecule has 26 heavy (non-hydrogen) atoms. The molecule has 2 aromatic carbocycles. The van der Waals surface area contributed by atoms with Crippen molar-refractivity contribution in [3.05, 3.63) is 75.8 Å². The van der Waals surface area contributed by atoms with Crippen LogP contribution in [0, 0.1) is 33.1 Å². The van der Waals surface area contributed by atoms with Gasteiger partial charge in [-0.05, 0) is 24.3 Å². The number of anilines is 1. The van der Waals surface area contributed by atoms with Crippen molar-refractivity contribution in [3.8, 4) is 28.5 Å². The van der Waals surface area contributed by atoms with Gasteiger partial charge in [-0.2, -0.15) is 5.26 Å². The van der Waals surface area contributed by atoms with E-state index in [1.54, 1.807) is 6.07 Å². The summed E-state index contributed by atoms with van der Waals surface area (Å²) in [4.78, 5) is 14.5. The first-order valence-corrected chi connectivity index (χ1v) is 7.31. The predicted molar refractivity (Wildman–Crippen MR) is 90.8 cm³/mol. The monoisotopic (exact) mass is 352 g/mol. The van der Waals surface area contributed by atoms with Crippen molar-refractivity contribution in [1.82, 2.24) is 4.98 Å². The zero-order chi connectivity index (χ0) is 18.8. The third-order valence-electron chi connectivity index (χ3n) is 3.73. The highest BCUT2D eigenvalue weighted by atomic mass is 19.1. The number of nitrogens with zero attached hydrogens (tertiary/aromatic N) is 3. The minimum absolute atomic E-state index is 0.0542. The van der Waals surface area contributed by atoms with Crippen molar-refractivity contribution in [3.63, 3.8) is 0 Å². The number of hydrogen-bond acceptors (Lipinski definition) is 5. The SMILES string of the molecule is N#Cc1c(-c2cc(F)ccc2F)cc(-c2cccc([N+](=O)[O-])c2)nc1N. The second kappa shape index (κ2) is 6.57. The number of nitrogens with two attached hydrogens (primary N) is 1. The number of aromatic nitrogens is 1. The Hall–Kier alpha value is -3.86. The zero-order valence-corrected chi connectivity index (χ0v) is 13.1. The van der Waals surface area contributed by atoms with Gasteiger partial charge < -0.3 is 5.73 Å². The fourth-order valence-corrected chi connectivity index (χ4v) is 2.53. The van der Waals surface area contributed by atoms with Gasteiger partial charge in [-0.1, -0.05) is 12.1 Å². The van der Waals surface area contributed by atoms with Crippen molar-refractivity contribution < 1.29 is 13.7 Å². The highest BCUT2D eigenvalue weighted by molar-refractivity contribution is 5.80. The molecule has 3 aromatic rings. The Labute approximate surface area is 146 Å². The molecule has 8 heteroatoms. The molecular formula is C18H10F2N4O2. The van der Waals surface area contributed by atoms with Gasteiger partial charge in [0.2, 0.25) is 0 Å². The average molecular weight is 352 g/mol. The molecule has 2 N–H and O–H groups in total. The zero-order valence-electron chi connectivity index (χ0n) is 13.1. The van der Waals surface area contributed by atoms with Crippen LogP contribution in [0.5, 0.6) is 0 Å². The lowest BCUT2D eigenvalue weighted by Gasteiger charge is -2.11. The van der Waals surface area contributed by atoms with Gasteiger partial charge >= 0.3 is 0 Å². The van der Waals surface area contributed by atoms with Crippen molar-refractivity contribution in [1.29, 1.82) is 5.26 Å². The summed E-state index contributed by atoms with van der Waals surface area (Å²) in [5, 5.41) is 20.3. The van der Waals surface area contributed by atoms with Crippen LogP contribution < -0.4 is 5.73 Å².